The lowest BCUT2D eigenvalue weighted by Crippen LogP contribution is -2.21. The van der Waals surface area contributed by atoms with Crippen molar-refractivity contribution in [1.82, 2.24) is 9.88 Å². The minimum Gasteiger partial charge on any atom is -0.497 e. The third kappa shape index (κ3) is 2.36. The molecular weight excluding hydrogens is 339 g/mol. The molecule has 0 radical (unpaired) electrons. The summed E-state index contributed by atoms with van der Waals surface area (Å²) in [6.07, 6.45) is 2.24. The van der Waals surface area contributed by atoms with E-state index < -0.39 is 0 Å². The van der Waals surface area contributed by atoms with E-state index in [1.165, 1.54) is 22.2 Å². The maximum absolute atomic E-state index is 5.31. The Morgan fingerprint density at radius 3 is 2.78 bits per heavy atom. The molecule has 98 valence electrons. The lowest BCUT2D eigenvalue weighted by atomic mass is 10.1. The average Bonchev–Trinajstić information content (AvgIpc) is 2.60. The Bertz CT molecular complexity index is 550. The van der Waals surface area contributed by atoms with Crippen molar-refractivity contribution < 1.29 is 4.74 Å². The number of nitrogens with zero attached hydrogens (tertiary/aromatic N) is 1. The average molecular weight is 358 g/mol. The number of H-pyrrole nitrogens is 1. The van der Waals surface area contributed by atoms with E-state index >= 15 is 0 Å². The zero-order valence-electron chi connectivity index (χ0n) is 10.8. The van der Waals surface area contributed by atoms with Crippen LogP contribution >= 0.6 is 24.0 Å². The summed E-state index contributed by atoms with van der Waals surface area (Å²) in [4.78, 5) is 5.93. The van der Waals surface area contributed by atoms with Crippen LogP contribution in [-0.2, 0) is 12.8 Å². The van der Waals surface area contributed by atoms with E-state index in [1.54, 1.807) is 7.11 Å². The van der Waals surface area contributed by atoms with E-state index in [1.807, 2.05) is 6.07 Å². The van der Waals surface area contributed by atoms with E-state index in [4.69, 9.17) is 4.74 Å². The molecule has 0 amide bonds. The molecule has 1 aliphatic rings. The normalized spacial score (nSPS) is 15.9. The van der Waals surface area contributed by atoms with Gasteiger partial charge in [-0.15, -0.1) is 24.0 Å². The highest BCUT2D eigenvalue weighted by molar-refractivity contribution is 14.0. The van der Waals surface area contributed by atoms with E-state index in [9.17, 15) is 0 Å². The molecular formula is C14H19IN2O. The second-order valence-corrected chi connectivity index (χ2v) is 4.80. The lowest BCUT2D eigenvalue weighted by Gasteiger charge is -2.11. The summed E-state index contributed by atoms with van der Waals surface area (Å²) in [5.74, 6) is 0.942. The SMILES string of the molecule is COc1ccc2[nH]c3c(c2c1)CCN(C)CC3.I. The molecule has 18 heavy (non-hydrogen) atoms. The number of aromatic amines is 1. The predicted octanol–water partition coefficient (Wildman–Crippen LogP) is 2.82. The van der Waals surface area contributed by atoms with Crippen molar-refractivity contribution in [2.24, 2.45) is 0 Å². The van der Waals surface area contributed by atoms with Gasteiger partial charge in [-0.3, -0.25) is 0 Å². The van der Waals surface area contributed by atoms with Gasteiger partial charge in [-0.2, -0.15) is 0 Å². The van der Waals surface area contributed by atoms with Crippen LogP contribution in [0.1, 0.15) is 11.3 Å². The molecule has 0 saturated heterocycles. The van der Waals surface area contributed by atoms with Gasteiger partial charge in [0.15, 0.2) is 0 Å². The van der Waals surface area contributed by atoms with E-state index in [2.05, 4.69) is 29.1 Å². The van der Waals surface area contributed by atoms with Crippen molar-refractivity contribution in [1.29, 1.82) is 0 Å². The third-order valence-corrected chi connectivity index (χ3v) is 3.69. The molecule has 1 aromatic carbocycles. The summed E-state index contributed by atoms with van der Waals surface area (Å²) >= 11 is 0. The second-order valence-electron chi connectivity index (χ2n) is 4.80. The standard InChI is InChI=1S/C14H18N2O.HI/c1-16-7-5-11-12-9-10(17-2)3-4-13(12)15-14(11)6-8-16;/h3-4,9,15H,5-8H2,1-2H3;1H. The number of fused-ring (bicyclic) bond motifs is 3. The van der Waals surface area contributed by atoms with Gasteiger partial charge in [-0.05, 0) is 37.2 Å². The lowest BCUT2D eigenvalue weighted by molar-refractivity contribution is 0.352. The summed E-state index contributed by atoms with van der Waals surface area (Å²) in [6.45, 7) is 2.27. The van der Waals surface area contributed by atoms with Crippen molar-refractivity contribution in [3.05, 3.63) is 29.5 Å². The molecule has 3 rings (SSSR count). The predicted molar refractivity (Wildman–Crippen MR) is 85.2 cm³/mol. The van der Waals surface area contributed by atoms with Crippen molar-refractivity contribution in [3.63, 3.8) is 0 Å². The third-order valence-electron chi connectivity index (χ3n) is 3.69. The fourth-order valence-corrected chi connectivity index (χ4v) is 2.63. The van der Waals surface area contributed by atoms with Crippen LogP contribution in [0.3, 0.4) is 0 Å². The van der Waals surface area contributed by atoms with Gasteiger partial charge in [0.25, 0.3) is 0 Å². The van der Waals surface area contributed by atoms with Gasteiger partial charge in [0.1, 0.15) is 5.75 Å². The van der Waals surface area contributed by atoms with Crippen molar-refractivity contribution >= 4 is 34.9 Å². The molecule has 0 fully saturated rings. The fraction of sp³-hybridized carbons (Fsp3) is 0.429. The summed E-state index contributed by atoms with van der Waals surface area (Å²) in [6, 6.07) is 6.28. The summed E-state index contributed by atoms with van der Waals surface area (Å²) in [7, 11) is 3.91. The summed E-state index contributed by atoms with van der Waals surface area (Å²) in [5.41, 5.74) is 4.11. The molecule has 0 spiro atoms. The molecule has 0 bridgehead atoms. The first kappa shape index (κ1) is 13.7. The Labute approximate surface area is 125 Å². The molecule has 2 aromatic rings. The smallest absolute Gasteiger partial charge is 0.119 e. The number of likely N-dealkylation sites (N-methyl/N-ethyl adjacent to an activating group) is 1. The highest BCUT2D eigenvalue weighted by Gasteiger charge is 2.16. The number of ether oxygens (including phenoxy) is 1. The molecule has 0 atom stereocenters. The van der Waals surface area contributed by atoms with Crippen LogP contribution in [0.25, 0.3) is 10.9 Å². The van der Waals surface area contributed by atoms with Gasteiger partial charge < -0.3 is 14.6 Å². The number of rotatable bonds is 1. The molecule has 4 heteroatoms. The van der Waals surface area contributed by atoms with Crippen LogP contribution in [0.5, 0.6) is 5.75 Å². The van der Waals surface area contributed by atoms with Gasteiger partial charge in [0, 0.05) is 36.1 Å². The Morgan fingerprint density at radius 1 is 1.22 bits per heavy atom. The second kappa shape index (κ2) is 5.48. The molecule has 1 aliphatic heterocycles. The maximum atomic E-state index is 5.31. The first-order valence-electron chi connectivity index (χ1n) is 6.14. The van der Waals surface area contributed by atoms with Gasteiger partial charge in [0.05, 0.1) is 7.11 Å². The molecule has 0 saturated carbocycles. The van der Waals surface area contributed by atoms with E-state index in [0.29, 0.717) is 0 Å². The number of hydrogen-bond donors (Lipinski definition) is 1. The van der Waals surface area contributed by atoms with Crippen LogP contribution in [0.15, 0.2) is 18.2 Å². The van der Waals surface area contributed by atoms with Crippen LogP contribution in [0, 0.1) is 0 Å². The first-order valence-corrected chi connectivity index (χ1v) is 6.14. The fourth-order valence-electron chi connectivity index (χ4n) is 2.63. The van der Waals surface area contributed by atoms with Crippen molar-refractivity contribution in [2.75, 3.05) is 27.2 Å². The van der Waals surface area contributed by atoms with E-state index in [0.717, 1.165) is 31.7 Å². The van der Waals surface area contributed by atoms with Gasteiger partial charge >= 0.3 is 0 Å². The van der Waals surface area contributed by atoms with Crippen molar-refractivity contribution in [3.8, 4) is 5.75 Å². The molecule has 0 aliphatic carbocycles. The number of methoxy groups -OCH3 is 1. The number of benzene rings is 1. The maximum Gasteiger partial charge on any atom is 0.119 e. The van der Waals surface area contributed by atoms with Crippen LogP contribution in [-0.4, -0.2) is 37.1 Å². The van der Waals surface area contributed by atoms with Crippen LogP contribution in [0.4, 0.5) is 0 Å². The Hall–Kier alpha value is -0.750. The van der Waals surface area contributed by atoms with Crippen LogP contribution in [0.2, 0.25) is 0 Å². The van der Waals surface area contributed by atoms with Crippen molar-refractivity contribution in [2.45, 2.75) is 12.8 Å². The summed E-state index contributed by atoms with van der Waals surface area (Å²) in [5, 5.41) is 1.33. The Morgan fingerprint density at radius 2 is 2.00 bits per heavy atom. The number of nitrogens with one attached hydrogen (secondary N) is 1. The monoisotopic (exact) mass is 358 g/mol. The highest BCUT2D eigenvalue weighted by Crippen LogP contribution is 2.28. The van der Waals surface area contributed by atoms with E-state index in [-0.39, 0.29) is 24.0 Å². The number of halogens is 1. The zero-order chi connectivity index (χ0) is 11.8. The molecule has 0 unspecified atom stereocenters. The highest BCUT2D eigenvalue weighted by atomic mass is 127. The number of aromatic nitrogens is 1. The molecule has 2 heterocycles. The van der Waals surface area contributed by atoms with Gasteiger partial charge in [-0.1, -0.05) is 0 Å². The number of hydrogen-bond acceptors (Lipinski definition) is 2. The molecule has 1 aromatic heterocycles. The first-order chi connectivity index (χ1) is 8.28. The molecule has 3 nitrogen and oxygen atoms in total. The minimum absolute atomic E-state index is 0. The quantitative estimate of drug-likeness (QED) is 0.795. The largest absolute Gasteiger partial charge is 0.497 e. The van der Waals surface area contributed by atoms with Gasteiger partial charge in [-0.25, -0.2) is 0 Å². The Balaban J connectivity index is 0.00000120. The minimum atomic E-state index is 0. The van der Waals surface area contributed by atoms with Gasteiger partial charge in [0.2, 0.25) is 0 Å². The molecule has 1 N–H and O–H groups in total. The topological polar surface area (TPSA) is 28.3 Å². The Kier molecular flexibility index (Phi) is 4.17. The zero-order valence-corrected chi connectivity index (χ0v) is 13.2. The summed E-state index contributed by atoms with van der Waals surface area (Å²) < 4.78 is 5.31. The van der Waals surface area contributed by atoms with Crippen LogP contribution < -0.4 is 4.74 Å².